The Morgan fingerprint density at radius 3 is 1.40 bits per heavy atom. The molecule has 5 heavy (non-hydrogen) atoms. The van der Waals surface area contributed by atoms with E-state index in [1.54, 1.807) is 0 Å². The molecule has 0 aromatic heterocycles. The Kier molecular flexibility index (Phi) is 9.17. The summed E-state index contributed by atoms with van der Waals surface area (Å²) in [5, 5.41) is 0. The molecule has 0 heterocycles. The van der Waals surface area contributed by atoms with Crippen LogP contribution in [0, 0.1) is 0 Å². The highest BCUT2D eigenvalue weighted by Gasteiger charge is 1.83. The Morgan fingerprint density at radius 2 is 1.40 bits per heavy atom. The summed E-state index contributed by atoms with van der Waals surface area (Å²) in [7, 11) is 0. The summed E-state index contributed by atoms with van der Waals surface area (Å²) >= 11 is 3.94. The summed E-state index contributed by atoms with van der Waals surface area (Å²) in [6.45, 7) is 0. The fourth-order valence-corrected chi connectivity index (χ4v) is 0. The first-order valence-electron chi connectivity index (χ1n) is 0.655. The molecule has 0 aliphatic heterocycles. The van der Waals surface area contributed by atoms with Crippen molar-refractivity contribution in [2.24, 2.45) is 0 Å². The maximum absolute atomic E-state index is 10.1. The first-order valence-corrected chi connectivity index (χ1v) is 1.09. The van der Waals surface area contributed by atoms with Gasteiger partial charge in [-0.05, 0) is 0 Å². The number of halogens is 3. The molecule has 0 unspecified atom stereocenters. The van der Waals surface area contributed by atoms with Crippen LogP contribution in [0.1, 0.15) is 0 Å². The zero-order chi connectivity index (χ0) is 3.58. The van der Waals surface area contributed by atoms with Gasteiger partial charge >= 0.3 is 28.9 Å². The van der Waals surface area contributed by atoms with Gasteiger partial charge in [-0.2, -0.15) is 8.78 Å². The van der Waals surface area contributed by atoms with E-state index in [9.17, 15) is 8.78 Å². The van der Waals surface area contributed by atoms with E-state index in [4.69, 9.17) is 0 Å². The molecule has 0 aliphatic carbocycles. The second kappa shape index (κ2) is 4.92. The van der Waals surface area contributed by atoms with E-state index in [1.807, 2.05) is 0 Å². The minimum Gasteiger partial charge on any atom is -0.192 e. The lowest BCUT2D eigenvalue weighted by Gasteiger charge is -1.66. The number of alkyl halides is 3. The summed E-state index contributed by atoms with van der Waals surface area (Å²) in [6.07, 6.45) is 0. The number of hydrogen-bond donors (Lipinski definition) is 0. The van der Waals surface area contributed by atoms with Crippen LogP contribution in [-0.4, -0.2) is 28.9 Å². The highest BCUT2D eigenvalue weighted by molar-refractivity contribution is 6.18. The van der Waals surface area contributed by atoms with E-state index >= 15 is 0 Å². The van der Waals surface area contributed by atoms with Crippen LogP contribution in [0.5, 0.6) is 0 Å². The topological polar surface area (TPSA) is 0 Å². The summed E-state index contributed by atoms with van der Waals surface area (Å²) < 4.78 is 20.2. The molecule has 0 saturated heterocycles. The average molecular weight is 113 g/mol. The normalized spacial score (nSPS) is 7.20. The smallest absolute Gasteiger partial charge is 0.192 e. The number of rotatable bonds is 0. The van der Waals surface area contributed by atoms with Crippen molar-refractivity contribution >= 4 is 34.7 Å². The summed E-state index contributed by atoms with van der Waals surface area (Å²) in [4.78, 5) is 0. The molecule has 30 valence electrons. The zero-order valence-electron chi connectivity index (χ0n) is 1.71. The third-order valence-electron chi connectivity index (χ3n) is 0. The molecule has 0 rings (SSSR count). The Hall–Kier alpha value is 0.916. The molecule has 0 amide bonds. The van der Waals surface area contributed by atoms with Gasteiger partial charge in [-0.1, -0.05) is 11.6 Å². The van der Waals surface area contributed by atoms with Crippen LogP contribution in [0.25, 0.3) is 0 Å². The van der Waals surface area contributed by atoms with Crippen LogP contribution in [0.15, 0.2) is 0 Å². The molecule has 0 aliphatic rings. The molecule has 0 radical (unpaired) electrons. The third kappa shape index (κ3) is 49.8. The Bertz CT molecular complexity index is 14.4. The largest absolute Gasteiger partial charge is 0.316 e. The van der Waals surface area contributed by atoms with Crippen LogP contribution in [0.4, 0.5) is 8.78 Å². The summed E-state index contributed by atoms with van der Waals surface area (Å²) in [6, 6.07) is 0. The van der Waals surface area contributed by atoms with Gasteiger partial charge in [-0.3, -0.25) is 0 Å². The molecule has 0 aromatic carbocycles. The van der Waals surface area contributed by atoms with E-state index in [1.165, 1.54) is 0 Å². The highest BCUT2D eigenvalue weighted by atomic mass is 35.5. The predicted molar refractivity (Wildman–Crippen MR) is 20.4 cm³/mol. The van der Waals surface area contributed by atoms with Crippen LogP contribution in [-0.2, 0) is 0 Å². The van der Waals surface area contributed by atoms with Crippen molar-refractivity contribution in [3.05, 3.63) is 0 Å². The van der Waals surface area contributed by atoms with Gasteiger partial charge < -0.3 is 0 Å². The quantitative estimate of drug-likeness (QED) is 0.317. The monoisotopic (exact) mass is 112 g/mol. The van der Waals surface area contributed by atoms with Gasteiger partial charge in [0, 0.05) is 0 Å². The molecule has 4 heteroatoms. The zero-order valence-corrected chi connectivity index (χ0v) is 2.47. The summed E-state index contributed by atoms with van der Waals surface area (Å²) in [5.74, 6) is -2.69. The van der Waals surface area contributed by atoms with Crippen molar-refractivity contribution in [3.63, 3.8) is 0 Å². The Balaban J connectivity index is 0. The maximum atomic E-state index is 10.1. The molecular weight excluding hydrogens is 110 g/mol. The standard InChI is InChI=1S/CHClF2.Mg.2H/c2-1(3)4;;;/h1H;;;. The second-order valence-electron chi connectivity index (χ2n) is 0.247. The lowest BCUT2D eigenvalue weighted by molar-refractivity contribution is 0.243. The van der Waals surface area contributed by atoms with Gasteiger partial charge in [0.2, 0.25) is 0 Å². The minimum atomic E-state index is -2.69. The van der Waals surface area contributed by atoms with Gasteiger partial charge in [0.15, 0.2) is 0 Å². The average Bonchev–Trinajstić information content (AvgIpc) is 0.811. The molecule has 0 N–H and O–H groups in total. The second-order valence-corrected chi connectivity index (χ2v) is 0.577. The Morgan fingerprint density at radius 1 is 1.40 bits per heavy atom. The first kappa shape index (κ1) is 9.32. The molecule has 0 nitrogen and oxygen atoms in total. The molecule has 0 spiro atoms. The predicted octanol–water partition coefficient (Wildman–Crippen LogP) is 0.532. The van der Waals surface area contributed by atoms with Crippen LogP contribution in [0.3, 0.4) is 0 Å². The first-order chi connectivity index (χ1) is 1.73. The van der Waals surface area contributed by atoms with Gasteiger partial charge in [0.1, 0.15) is 0 Å². The lowest BCUT2D eigenvalue weighted by Crippen LogP contribution is -1.62. The SMILES string of the molecule is FC(F)Cl.[MgH2]. The fourth-order valence-electron chi connectivity index (χ4n) is 0. The fraction of sp³-hybridized carbons (Fsp3) is 1.00. The van der Waals surface area contributed by atoms with Crippen molar-refractivity contribution in [1.82, 2.24) is 0 Å². The van der Waals surface area contributed by atoms with Crippen molar-refractivity contribution in [2.45, 2.75) is 5.88 Å². The minimum absolute atomic E-state index is 0. The lowest BCUT2D eigenvalue weighted by atomic mass is 11.7. The van der Waals surface area contributed by atoms with E-state index in [0.29, 0.717) is 0 Å². The molecule has 0 saturated carbocycles. The van der Waals surface area contributed by atoms with E-state index in [-0.39, 0.29) is 23.1 Å². The van der Waals surface area contributed by atoms with Crippen molar-refractivity contribution < 1.29 is 8.78 Å². The molecular formula is CH3ClF2Mg. The molecule has 0 bridgehead atoms. The van der Waals surface area contributed by atoms with Crippen LogP contribution >= 0.6 is 11.6 Å². The van der Waals surface area contributed by atoms with Crippen LogP contribution in [0.2, 0.25) is 0 Å². The highest BCUT2D eigenvalue weighted by Crippen LogP contribution is 1.93. The van der Waals surface area contributed by atoms with Gasteiger partial charge in [0.05, 0.1) is 0 Å². The van der Waals surface area contributed by atoms with Crippen molar-refractivity contribution in [2.75, 3.05) is 0 Å². The van der Waals surface area contributed by atoms with E-state index < -0.39 is 5.88 Å². The Labute approximate surface area is 49.6 Å². The van der Waals surface area contributed by atoms with Crippen molar-refractivity contribution in [1.29, 1.82) is 0 Å². The number of hydrogen-bond acceptors (Lipinski definition) is 0. The maximum Gasteiger partial charge on any atom is 0.316 e. The van der Waals surface area contributed by atoms with E-state index in [0.717, 1.165) is 0 Å². The van der Waals surface area contributed by atoms with Crippen LogP contribution < -0.4 is 0 Å². The van der Waals surface area contributed by atoms with Gasteiger partial charge in [-0.25, -0.2) is 0 Å². The van der Waals surface area contributed by atoms with E-state index in [2.05, 4.69) is 11.6 Å². The third-order valence-corrected chi connectivity index (χ3v) is 0. The molecule has 0 aromatic rings. The van der Waals surface area contributed by atoms with Crippen molar-refractivity contribution in [3.8, 4) is 0 Å². The van der Waals surface area contributed by atoms with Gasteiger partial charge in [0.25, 0.3) is 0 Å². The molecule has 0 atom stereocenters. The summed E-state index contributed by atoms with van der Waals surface area (Å²) in [5.41, 5.74) is 0. The van der Waals surface area contributed by atoms with Gasteiger partial charge in [-0.15, -0.1) is 0 Å². The molecule has 0 fully saturated rings.